The lowest BCUT2D eigenvalue weighted by Crippen LogP contribution is -3.13. The van der Waals surface area contributed by atoms with Crippen LogP contribution in [0, 0.1) is 6.92 Å². The second kappa shape index (κ2) is 9.37. The van der Waals surface area contributed by atoms with Gasteiger partial charge in [0.1, 0.15) is 17.3 Å². The summed E-state index contributed by atoms with van der Waals surface area (Å²) in [4.78, 5) is 20.8. The van der Waals surface area contributed by atoms with E-state index in [1.807, 2.05) is 29.2 Å². The van der Waals surface area contributed by atoms with Crippen LogP contribution < -0.4 is 9.64 Å². The highest BCUT2D eigenvalue weighted by Crippen LogP contribution is 2.20. The van der Waals surface area contributed by atoms with Gasteiger partial charge in [0, 0.05) is 6.42 Å². The summed E-state index contributed by atoms with van der Waals surface area (Å²) in [6, 6.07) is 16.3. The molecule has 0 aliphatic carbocycles. The van der Waals surface area contributed by atoms with E-state index in [-0.39, 0.29) is 5.91 Å². The van der Waals surface area contributed by atoms with Crippen LogP contribution in [-0.4, -0.2) is 48.6 Å². The molecule has 1 amide bonds. The zero-order chi connectivity index (χ0) is 20.1. The monoisotopic (exact) mass is 410 g/mol. The molecule has 0 saturated carbocycles. The van der Waals surface area contributed by atoms with Crippen LogP contribution in [-0.2, 0) is 11.3 Å². The number of carbonyl (C=O) groups is 1. The van der Waals surface area contributed by atoms with Crippen molar-refractivity contribution in [3.05, 3.63) is 59.1 Å². The van der Waals surface area contributed by atoms with Crippen LogP contribution in [0.3, 0.4) is 0 Å². The van der Waals surface area contributed by atoms with Crippen molar-refractivity contribution in [2.24, 2.45) is 0 Å². The maximum Gasteiger partial charge on any atom is 0.223 e. The number of piperazine rings is 1. The van der Waals surface area contributed by atoms with Gasteiger partial charge in [-0.15, -0.1) is 11.3 Å². The predicted octanol–water partition coefficient (Wildman–Crippen LogP) is 2.69. The molecule has 1 N–H and O–H groups in total. The van der Waals surface area contributed by atoms with Crippen molar-refractivity contribution in [1.29, 1.82) is 0 Å². The highest BCUT2D eigenvalue weighted by molar-refractivity contribution is 7.18. The Morgan fingerprint density at radius 3 is 2.79 bits per heavy atom. The van der Waals surface area contributed by atoms with Crippen molar-refractivity contribution in [2.75, 3.05) is 32.8 Å². The number of nitrogens with zero attached hydrogens (tertiary/aromatic N) is 2. The minimum absolute atomic E-state index is 0.247. The van der Waals surface area contributed by atoms with E-state index in [1.165, 1.54) is 20.2 Å². The number of benzene rings is 2. The second-order valence-electron chi connectivity index (χ2n) is 7.65. The Kier molecular flexibility index (Phi) is 6.42. The van der Waals surface area contributed by atoms with Crippen molar-refractivity contribution in [2.45, 2.75) is 26.3 Å². The number of hydrogen-bond donors (Lipinski definition) is 1. The van der Waals surface area contributed by atoms with E-state index in [4.69, 9.17) is 9.72 Å². The largest absolute Gasteiger partial charge is 0.494 e. The summed E-state index contributed by atoms with van der Waals surface area (Å²) >= 11 is 1.78. The van der Waals surface area contributed by atoms with E-state index >= 15 is 0 Å². The molecule has 1 aliphatic rings. The number of thiazole rings is 1. The summed E-state index contributed by atoms with van der Waals surface area (Å²) in [6.07, 6.45) is 1.31. The Morgan fingerprint density at radius 2 is 2.00 bits per heavy atom. The van der Waals surface area contributed by atoms with Crippen LogP contribution in [0.5, 0.6) is 5.75 Å². The van der Waals surface area contributed by atoms with E-state index in [0.29, 0.717) is 13.0 Å². The summed E-state index contributed by atoms with van der Waals surface area (Å²) < 4.78 is 7.01. The number of aromatic nitrogens is 1. The Hall–Kier alpha value is -2.44. The average Bonchev–Trinajstić information content (AvgIpc) is 3.14. The molecule has 2 aromatic carbocycles. The van der Waals surface area contributed by atoms with Crippen LogP contribution in [0.1, 0.15) is 23.4 Å². The number of rotatable bonds is 7. The minimum Gasteiger partial charge on any atom is -0.494 e. The van der Waals surface area contributed by atoms with Gasteiger partial charge in [-0.2, -0.15) is 0 Å². The second-order valence-corrected chi connectivity index (χ2v) is 8.77. The predicted molar refractivity (Wildman–Crippen MR) is 117 cm³/mol. The molecule has 1 aliphatic heterocycles. The molecule has 3 aromatic rings. The summed E-state index contributed by atoms with van der Waals surface area (Å²) in [5, 5.41) is 1.19. The molecule has 1 aromatic heterocycles. The number of amides is 1. The van der Waals surface area contributed by atoms with Crippen molar-refractivity contribution >= 4 is 27.5 Å². The summed E-state index contributed by atoms with van der Waals surface area (Å²) in [6.45, 7) is 7.22. The van der Waals surface area contributed by atoms with Crippen LogP contribution >= 0.6 is 11.3 Å². The highest BCUT2D eigenvalue weighted by atomic mass is 32.1. The molecule has 1 saturated heterocycles. The van der Waals surface area contributed by atoms with Crippen molar-refractivity contribution in [3.8, 4) is 5.75 Å². The lowest BCUT2D eigenvalue weighted by atomic mass is 10.2. The molecule has 0 bridgehead atoms. The smallest absolute Gasteiger partial charge is 0.223 e. The van der Waals surface area contributed by atoms with Gasteiger partial charge >= 0.3 is 0 Å². The molecular weight excluding hydrogens is 382 g/mol. The van der Waals surface area contributed by atoms with E-state index < -0.39 is 0 Å². The molecule has 2 heterocycles. The summed E-state index contributed by atoms with van der Waals surface area (Å²) in [5.41, 5.74) is 2.28. The first kappa shape index (κ1) is 19.9. The molecule has 4 rings (SSSR count). The third-order valence-corrected chi connectivity index (χ3v) is 6.39. The Bertz CT molecular complexity index is 930. The number of quaternary nitrogens is 1. The third-order valence-electron chi connectivity index (χ3n) is 5.36. The number of ether oxygens (including phenoxy) is 1. The van der Waals surface area contributed by atoms with Crippen LogP contribution in [0.2, 0.25) is 0 Å². The SMILES string of the molecule is Cc1cccc(OCCCC(=O)N2CC[NH+](Cc3nc4ccccc4s3)CC2)c1. The summed E-state index contributed by atoms with van der Waals surface area (Å²) in [7, 11) is 0. The van der Waals surface area contributed by atoms with Gasteiger partial charge in [-0.3, -0.25) is 4.79 Å². The maximum absolute atomic E-state index is 12.5. The van der Waals surface area contributed by atoms with E-state index in [9.17, 15) is 4.79 Å². The Balaban J connectivity index is 1.17. The standard InChI is InChI=1S/C23H27N3O2S/c1-18-6-4-7-19(16-18)28-15-5-10-23(27)26-13-11-25(12-14-26)17-22-24-20-8-2-3-9-21(20)29-22/h2-4,6-9,16H,5,10-15,17H2,1H3/p+1. The number of para-hydroxylation sites is 1. The number of nitrogens with one attached hydrogen (secondary N) is 1. The number of aryl methyl sites for hydroxylation is 1. The van der Waals surface area contributed by atoms with Crippen molar-refractivity contribution in [1.82, 2.24) is 9.88 Å². The van der Waals surface area contributed by atoms with Gasteiger partial charge in [0.25, 0.3) is 0 Å². The Morgan fingerprint density at radius 1 is 1.17 bits per heavy atom. The van der Waals surface area contributed by atoms with Crippen molar-refractivity contribution in [3.63, 3.8) is 0 Å². The molecule has 152 valence electrons. The van der Waals surface area contributed by atoms with Crippen LogP contribution in [0.15, 0.2) is 48.5 Å². The van der Waals surface area contributed by atoms with Gasteiger partial charge in [0.2, 0.25) is 5.91 Å². The van der Waals surface area contributed by atoms with Gasteiger partial charge in [-0.05, 0) is 43.2 Å². The molecule has 0 radical (unpaired) electrons. The van der Waals surface area contributed by atoms with E-state index in [2.05, 4.69) is 31.2 Å². The highest BCUT2D eigenvalue weighted by Gasteiger charge is 2.24. The lowest BCUT2D eigenvalue weighted by Gasteiger charge is -2.31. The van der Waals surface area contributed by atoms with Gasteiger partial charge < -0.3 is 14.5 Å². The molecule has 0 spiro atoms. The van der Waals surface area contributed by atoms with Gasteiger partial charge in [-0.25, -0.2) is 4.98 Å². The average molecular weight is 411 g/mol. The zero-order valence-corrected chi connectivity index (χ0v) is 17.7. The molecule has 0 unspecified atom stereocenters. The van der Waals surface area contributed by atoms with Crippen molar-refractivity contribution < 1.29 is 14.4 Å². The van der Waals surface area contributed by atoms with E-state index in [0.717, 1.165) is 50.4 Å². The fraction of sp³-hybridized carbons (Fsp3) is 0.391. The fourth-order valence-electron chi connectivity index (χ4n) is 3.74. The molecule has 29 heavy (non-hydrogen) atoms. The van der Waals surface area contributed by atoms with E-state index in [1.54, 1.807) is 11.3 Å². The zero-order valence-electron chi connectivity index (χ0n) is 16.9. The first-order valence-corrected chi connectivity index (χ1v) is 11.1. The first-order chi connectivity index (χ1) is 14.2. The molecular formula is C23H28N3O2S+. The molecule has 5 nitrogen and oxygen atoms in total. The number of hydrogen-bond acceptors (Lipinski definition) is 4. The van der Waals surface area contributed by atoms with Crippen LogP contribution in [0.25, 0.3) is 10.2 Å². The quantitative estimate of drug-likeness (QED) is 0.609. The lowest BCUT2D eigenvalue weighted by molar-refractivity contribution is -0.917. The molecule has 1 fully saturated rings. The van der Waals surface area contributed by atoms with Gasteiger partial charge in [0.05, 0.1) is 43.0 Å². The maximum atomic E-state index is 12.5. The van der Waals surface area contributed by atoms with Gasteiger partial charge in [0.15, 0.2) is 0 Å². The fourth-order valence-corrected chi connectivity index (χ4v) is 4.77. The normalized spacial score (nSPS) is 15.0. The van der Waals surface area contributed by atoms with Gasteiger partial charge in [-0.1, -0.05) is 24.3 Å². The number of fused-ring (bicyclic) bond motifs is 1. The molecule has 6 heteroatoms. The van der Waals surface area contributed by atoms with Crippen LogP contribution in [0.4, 0.5) is 0 Å². The Labute approximate surface area is 175 Å². The number of carbonyl (C=O) groups excluding carboxylic acids is 1. The summed E-state index contributed by atoms with van der Waals surface area (Å²) in [5.74, 6) is 1.13. The molecule has 0 atom stereocenters. The first-order valence-electron chi connectivity index (χ1n) is 10.3. The third kappa shape index (κ3) is 5.34. The minimum atomic E-state index is 0.247. The topological polar surface area (TPSA) is 46.9 Å².